The highest BCUT2D eigenvalue weighted by atomic mass is 32.1. The molecule has 1 aromatic rings. The normalized spacial score (nSPS) is 9.00. The standard InChI is InChI=1S/C5H8BNOS/c1-8-6-7-5-2-3-9-4-5/h2-4,6-7H,1H3. The zero-order chi connectivity index (χ0) is 6.53. The number of thiophene rings is 1. The SMILES string of the molecule is COBNc1ccsc1. The molecule has 0 spiro atoms. The number of rotatable bonds is 3. The Bertz CT molecular complexity index is 154. The van der Waals surface area contributed by atoms with Gasteiger partial charge in [0.25, 0.3) is 0 Å². The van der Waals surface area contributed by atoms with E-state index in [0.29, 0.717) is 7.62 Å². The highest BCUT2D eigenvalue weighted by Gasteiger charge is 1.89. The minimum atomic E-state index is 0.580. The minimum Gasteiger partial charge on any atom is -0.422 e. The Morgan fingerprint density at radius 2 is 2.67 bits per heavy atom. The third-order valence-corrected chi connectivity index (χ3v) is 1.63. The van der Waals surface area contributed by atoms with Gasteiger partial charge in [0, 0.05) is 18.2 Å². The summed E-state index contributed by atoms with van der Waals surface area (Å²) in [6, 6.07) is 2.02. The Balaban J connectivity index is 2.30. The summed E-state index contributed by atoms with van der Waals surface area (Å²) < 4.78 is 4.81. The van der Waals surface area contributed by atoms with Crippen molar-refractivity contribution in [2.45, 2.75) is 0 Å². The Morgan fingerprint density at radius 1 is 1.78 bits per heavy atom. The van der Waals surface area contributed by atoms with Gasteiger partial charge >= 0.3 is 7.62 Å². The van der Waals surface area contributed by atoms with Crippen molar-refractivity contribution in [3.63, 3.8) is 0 Å². The summed E-state index contributed by atoms with van der Waals surface area (Å²) in [4.78, 5) is 0. The zero-order valence-corrected chi connectivity index (χ0v) is 6.07. The molecule has 0 amide bonds. The zero-order valence-electron chi connectivity index (χ0n) is 5.26. The predicted molar refractivity (Wildman–Crippen MR) is 42.1 cm³/mol. The first-order chi connectivity index (χ1) is 4.43. The fourth-order valence-electron chi connectivity index (χ4n) is 0.521. The molecule has 0 bridgehead atoms. The topological polar surface area (TPSA) is 21.3 Å². The summed E-state index contributed by atoms with van der Waals surface area (Å²) in [6.07, 6.45) is 0. The molecule has 0 saturated heterocycles. The van der Waals surface area contributed by atoms with Crippen molar-refractivity contribution in [2.75, 3.05) is 12.3 Å². The molecule has 0 saturated carbocycles. The fourth-order valence-corrected chi connectivity index (χ4v) is 1.13. The maximum Gasteiger partial charge on any atom is 0.393 e. The van der Waals surface area contributed by atoms with Crippen molar-refractivity contribution in [1.82, 2.24) is 0 Å². The first-order valence-corrected chi connectivity index (χ1v) is 3.63. The van der Waals surface area contributed by atoms with Crippen LogP contribution in [0.1, 0.15) is 0 Å². The van der Waals surface area contributed by atoms with E-state index in [0.717, 1.165) is 5.69 Å². The van der Waals surface area contributed by atoms with E-state index in [1.165, 1.54) is 0 Å². The molecule has 0 unspecified atom stereocenters. The Labute approximate surface area is 59.1 Å². The van der Waals surface area contributed by atoms with E-state index in [2.05, 4.69) is 5.23 Å². The van der Waals surface area contributed by atoms with Crippen LogP contribution in [-0.4, -0.2) is 14.7 Å². The quantitative estimate of drug-likeness (QED) is 0.635. The van der Waals surface area contributed by atoms with Crippen molar-refractivity contribution >= 4 is 24.6 Å². The summed E-state index contributed by atoms with van der Waals surface area (Å²) >= 11 is 1.67. The van der Waals surface area contributed by atoms with Gasteiger partial charge < -0.3 is 9.88 Å². The first-order valence-electron chi connectivity index (χ1n) is 2.68. The summed E-state index contributed by atoms with van der Waals surface area (Å²) in [5, 5.41) is 7.13. The smallest absolute Gasteiger partial charge is 0.393 e. The molecule has 1 heterocycles. The van der Waals surface area contributed by atoms with Crippen LogP contribution in [-0.2, 0) is 4.65 Å². The Morgan fingerprint density at radius 3 is 3.22 bits per heavy atom. The largest absolute Gasteiger partial charge is 0.422 e. The van der Waals surface area contributed by atoms with Crippen LogP contribution in [0.25, 0.3) is 0 Å². The second kappa shape index (κ2) is 3.53. The maximum absolute atomic E-state index is 4.81. The van der Waals surface area contributed by atoms with Crippen LogP contribution in [0.4, 0.5) is 5.69 Å². The van der Waals surface area contributed by atoms with E-state index >= 15 is 0 Å². The molecule has 1 rings (SSSR count). The first kappa shape index (κ1) is 6.64. The van der Waals surface area contributed by atoms with Crippen LogP contribution in [0, 0.1) is 0 Å². The lowest BCUT2D eigenvalue weighted by Gasteiger charge is -1.96. The molecule has 1 N–H and O–H groups in total. The van der Waals surface area contributed by atoms with Gasteiger partial charge in [0.05, 0.1) is 0 Å². The average Bonchev–Trinajstić information content (AvgIpc) is 2.34. The van der Waals surface area contributed by atoms with Crippen molar-refractivity contribution in [3.05, 3.63) is 16.8 Å². The van der Waals surface area contributed by atoms with Crippen LogP contribution in [0.15, 0.2) is 16.8 Å². The van der Waals surface area contributed by atoms with Gasteiger partial charge in [0.15, 0.2) is 0 Å². The van der Waals surface area contributed by atoms with E-state index in [1.807, 2.05) is 16.8 Å². The van der Waals surface area contributed by atoms with Gasteiger partial charge in [-0.2, -0.15) is 11.3 Å². The monoisotopic (exact) mass is 141 g/mol. The summed E-state index contributed by atoms with van der Waals surface area (Å²) in [5.41, 5.74) is 1.13. The van der Waals surface area contributed by atoms with Crippen molar-refractivity contribution in [3.8, 4) is 0 Å². The number of hydrogen-bond acceptors (Lipinski definition) is 3. The molecule has 4 heteroatoms. The molecular formula is C5H8BNOS. The van der Waals surface area contributed by atoms with Crippen LogP contribution in [0.2, 0.25) is 0 Å². The Kier molecular flexibility index (Phi) is 2.61. The molecule has 0 atom stereocenters. The van der Waals surface area contributed by atoms with Gasteiger partial charge in [-0.1, -0.05) is 0 Å². The molecule has 0 aliphatic rings. The molecule has 1 aromatic heterocycles. The number of anilines is 1. The van der Waals surface area contributed by atoms with E-state index in [1.54, 1.807) is 18.4 Å². The number of nitrogens with one attached hydrogen (secondary N) is 1. The van der Waals surface area contributed by atoms with Crippen LogP contribution < -0.4 is 5.23 Å². The molecule has 48 valence electrons. The second-order valence-electron chi connectivity index (χ2n) is 1.62. The predicted octanol–water partition coefficient (Wildman–Crippen LogP) is 1.07. The van der Waals surface area contributed by atoms with Gasteiger partial charge in [-0.25, -0.2) is 0 Å². The van der Waals surface area contributed by atoms with Gasteiger partial charge in [-0.05, 0) is 11.4 Å². The minimum absolute atomic E-state index is 0.580. The molecule has 0 aliphatic heterocycles. The van der Waals surface area contributed by atoms with Gasteiger partial charge in [-0.3, -0.25) is 0 Å². The third kappa shape index (κ3) is 2.07. The van der Waals surface area contributed by atoms with Crippen molar-refractivity contribution < 1.29 is 4.65 Å². The molecule has 9 heavy (non-hydrogen) atoms. The lowest BCUT2D eigenvalue weighted by atomic mass is 10.2. The summed E-state index contributed by atoms with van der Waals surface area (Å²) in [5.74, 6) is 0. The van der Waals surface area contributed by atoms with E-state index < -0.39 is 0 Å². The molecule has 2 nitrogen and oxygen atoms in total. The lowest BCUT2D eigenvalue weighted by molar-refractivity contribution is 0.446. The van der Waals surface area contributed by atoms with E-state index in [-0.39, 0.29) is 0 Å². The molecule has 0 radical (unpaired) electrons. The van der Waals surface area contributed by atoms with Crippen LogP contribution >= 0.6 is 11.3 Å². The highest BCUT2D eigenvalue weighted by Crippen LogP contribution is 2.10. The molecular weight excluding hydrogens is 133 g/mol. The van der Waals surface area contributed by atoms with Gasteiger partial charge in [0.2, 0.25) is 0 Å². The van der Waals surface area contributed by atoms with E-state index in [4.69, 9.17) is 4.65 Å². The molecule has 0 fully saturated rings. The van der Waals surface area contributed by atoms with Crippen molar-refractivity contribution in [1.29, 1.82) is 0 Å². The third-order valence-electron chi connectivity index (χ3n) is 0.942. The van der Waals surface area contributed by atoms with Crippen LogP contribution in [0.3, 0.4) is 0 Å². The number of hydrogen-bond donors (Lipinski definition) is 1. The summed E-state index contributed by atoms with van der Waals surface area (Å²) in [6.45, 7) is 0. The van der Waals surface area contributed by atoms with Gasteiger partial charge in [0.1, 0.15) is 0 Å². The van der Waals surface area contributed by atoms with E-state index in [9.17, 15) is 0 Å². The van der Waals surface area contributed by atoms with Crippen LogP contribution in [0.5, 0.6) is 0 Å². The second-order valence-corrected chi connectivity index (χ2v) is 2.40. The summed E-state index contributed by atoms with van der Waals surface area (Å²) in [7, 11) is 2.25. The molecule has 0 aromatic carbocycles. The van der Waals surface area contributed by atoms with Gasteiger partial charge in [-0.15, -0.1) is 0 Å². The fraction of sp³-hybridized carbons (Fsp3) is 0.200. The Hall–Kier alpha value is -0.475. The lowest BCUT2D eigenvalue weighted by Crippen LogP contribution is -2.06. The molecule has 0 aliphatic carbocycles. The maximum atomic E-state index is 4.81. The highest BCUT2D eigenvalue weighted by molar-refractivity contribution is 7.08. The average molecular weight is 141 g/mol. The van der Waals surface area contributed by atoms with Crippen molar-refractivity contribution in [2.24, 2.45) is 0 Å².